The maximum atomic E-state index is 12.1. The molecule has 102 valence electrons. The normalized spacial score (nSPS) is 10.8. The zero-order valence-corrected chi connectivity index (χ0v) is 11.8. The van der Waals surface area contributed by atoms with Crippen molar-refractivity contribution in [3.8, 4) is 0 Å². The van der Waals surface area contributed by atoms with Crippen molar-refractivity contribution < 1.29 is 0 Å². The third-order valence-corrected chi connectivity index (χ3v) is 3.91. The number of thiophene rings is 1. The lowest BCUT2D eigenvalue weighted by Crippen LogP contribution is -2.22. The Hall–Kier alpha value is -2.34. The zero-order valence-electron chi connectivity index (χ0n) is 11.0. The lowest BCUT2D eigenvalue weighted by molar-refractivity contribution is 0.880. The number of anilines is 2. The number of nitrogen functional groups attached to an aromatic ring is 1. The fourth-order valence-electron chi connectivity index (χ4n) is 2.04. The van der Waals surface area contributed by atoms with Gasteiger partial charge >= 0.3 is 0 Å². The minimum absolute atomic E-state index is 0.171. The monoisotopic (exact) mass is 286 g/mol. The number of nitrogens with two attached hydrogens (primary N) is 1. The maximum Gasteiger partial charge on any atom is 0.260 e. The summed E-state index contributed by atoms with van der Waals surface area (Å²) in [5, 5.41) is 2.54. The number of fused-ring (bicyclic) bond motifs is 1. The second-order valence-electron chi connectivity index (χ2n) is 4.60. The molecule has 0 radical (unpaired) electrons. The molecule has 3 rings (SSSR count). The summed E-state index contributed by atoms with van der Waals surface area (Å²) in [5.41, 5.74) is 6.73. The molecule has 0 aliphatic heterocycles. The molecule has 0 bridgehead atoms. The van der Waals surface area contributed by atoms with E-state index >= 15 is 0 Å². The Morgan fingerprint density at radius 2 is 2.25 bits per heavy atom. The van der Waals surface area contributed by atoms with Gasteiger partial charge in [0.05, 0.1) is 17.4 Å². The van der Waals surface area contributed by atoms with Crippen molar-refractivity contribution in [3.63, 3.8) is 0 Å². The molecule has 0 unspecified atom stereocenters. The quantitative estimate of drug-likeness (QED) is 0.724. The van der Waals surface area contributed by atoms with Crippen LogP contribution < -0.4 is 16.2 Å². The molecule has 0 amide bonds. The highest BCUT2D eigenvalue weighted by molar-refractivity contribution is 7.09. The van der Waals surface area contributed by atoms with Crippen molar-refractivity contribution in [2.24, 2.45) is 0 Å². The van der Waals surface area contributed by atoms with Gasteiger partial charge in [0.15, 0.2) is 0 Å². The molecule has 0 aliphatic rings. The van der Waals surface area contributed by atoms with Gasteiger partial charge in [0.2, 0.25) is 5.95 Å². The van der Waals surface area contributed by atoms with Crippen LogP contribution in [0.1, 0.15) is 4.88 Å². The first-order valence-corrected chi connectivity index (χ1v) is 7.04. The van der Waals surface area contributed by atoms with Crippen LogP contribution in [-0.4, -0.2) is 17.0 Å². The molecule has 3 aromatic rings. The Kier molecular flexibility index (Phi) is 3.15. The van der Waals surface area contributed by atoms with Gasteiger partial charge in [-0.25, -0.2) is 4.98 Å². The first-order valence-electron chi connectivity index (χ1n) is 6.16. The molecule has 0 spiro atoms. The molecule has 0 aliphatic carbocycles. The van der Waals surface area contributed by atoms with Crippen LogP contribution in [-0.2, 0) is 6.54 Å². The minimum Gasteiger partial charge on any atom is -0.399 e. The minimum atomic E-state index is -0.171. The molecule has 5 nitrogen and oxygen atoms in total. The summed E-state index contributed by atoms with van der Waals surface area (Å²) < 4.78 is 0. The summed E-state index contributed by atoms with van der Waals surface area (Å²) in [5.74, 6) is 0.556. The van der Waals surface area contributed by atoms with E-state index in [9.17, 15) is 4.79 Å². The highest BCUT2D eigenvalue weighted by Gasteiger charge is 2.09. The summed E-state index contributed by atoms with van der Waals surface area (Å²) in [6.45, 7) is 0.709. The lowest BCUT2D eigenvalue weighted by Gasteiger charge is -2.16. The van der Waals surface area contributed by atoms with E-state index in [0.29, 0.717) is 29.1 Å². The summed E-state index contributed by atoms with van der Waals surface area (Å²) >= 11 is 1.68. The number of nitrogens with one attached hydrogen (secondary N) is 1. The molecule has 0 atom stereocenters. The molecule has 0 saturated carbocycles. The first kappa shape index (κ1) is 12.7. The second-order valence-corrected chi connectivity index (χ2v) is 5.63. The van der Waals surface area contributed by atoms with Gasteiger partial charge in [-0.3, -0.25) is 9.78 Å². The van der Waals surface area contributed by atoms with Crippen LogP contribution in [0.2, 0.25) is 0 Å². The van der Waals surface area contributed by atoms with Crippen LogP contribution >= 0.6 is 11.3 Å². The summed E-state index contributed by atoms with van der Waals surface area (Å²) in [7, 11) is 1.90. The van der Waals surface area contributed by atoms with E-state index in [1.54, 1.807) is 29.5 Å². The van der Waals surface area contributed by atoms with Gasteiger partial charge in [0.25, 0.3) is 5.56 Å². The van der Waals surface area contributed by atoms with Crippen LogP contribution in [0.3, 0.4) is 0 Å². The highest BCUT2D eigenvalue weighted by atomic mass is 32.1. The van der Waals surface area contributed by atoms with Crippen molar-refractivity contribution in [1.82, 2.24) is 9.97 Å². The van der Waals surface area contributed by atoms with Gasteiger partial charge < -0.3 is 10.6 Å². The molecular formula is C14H14N4OS. The molecule has 0 saturated heterocycles. The van der Waals surface area contributed by atoms with E-state index < -0.39 is 0 Å². The molecule has 20 heavy (non-hydrogen) atoms. The average molecular weight is 286 g/mol. The van der Waals surface area contributed by atoms with Crippen LogP contribution in [0.5, 0.6) is 0 Å². The zero-order chi connectivity index (χ0) is 14.1. The summed E-state index contributed by atoms with van der Waals surface area (Å²) in [4.78, 5) is 22.5. The second kappa shape index (κ2) is 4.97. The lowest BCUT2D eigenvalue weighted by atomic mass is 10.2. The predicted octanol–water partition coefficient (Wildman–Crippen LogP) is 2.20. The van der Waals surface area contributed by atoms with Gasteiger partial charge in [0.1, 0.15) is 0 Å². The molecule has 1 aromatic carbocycles. The van der Waals surface area contributed by atoms with E-state index in [2.05, 4.69) is 16.0 Å². The Morgan fingerprint density at radius 3 is 3.00 bits per heavy atom. The Morgan fingerprint density at radius 1 is 1.40 bits per heavy atom. The fourth-order valence-corrected chi connectivity index (χ4v) is 2.79. The molecule has 3 N–H and O–H groups in total. The Labute approximate surface area is 119 Å². The van der Waals surface area contributed by atoms with Crippen molar-refractivity contribution in [2.75, 3.05) is 17.7 Å². The van der Waals surface area contributed by atoms with Gasteiger partial charge in [-0.15, -0.1) is 11.3 Å². The first-order chi connectivity index (χ1) is 9.63. The molecule has 2 heterocycles. The predicted molar refractivity (Wildman–Crippen MR) is 83.2 cm³/mol. The number of hydrogen-bond acceptors (Lipinski definition) is 5. The number of benzene rings is 1. The Bertz CT molecular complexity index is 795. The number of aromatic amines is 1. The maximum absolute atomic E-state index is 12.1. The number of rotatable bonds is 3. The molecular weight excluding hydrogens is 272 g/mol. The number of H-pyrrole nitrogens is 1. The SMILES string of the molecule is CN(Cc1cccs1)c1nc2ccc(N)cc2c(=O)[nH]1. The van der Waals surface area contributed by atoms with Crippen LogP contribution in [0.25, 0.3) is 10.9 Å². The smallest absolute Gasteiger partial charge is 0.260 e. The van der Waals surface area contributed by atoms with Crippen molar-refractivity contribution in [2.45, 2.75) is 6.54 Å². The van der Waals surface area contributed by atoms with Crippen LogP contribution in [0, 0.1) is 0 Å². The van der Waals surface area contributed by atoms with Crippen molar-refractivity contribution >= 4 is 33.9 Å². The van der Waals surface area contributed by atoms with Crippen molar-refractivity contribution in [3.05, 3.63) is 50.9 Å². The van der Waals surface area contributed by atoms with Gasteiger partial charge in [-0.2, -0.15) is 0 Å². The third-order valence-electron chi connectivity index (χ3n) is 3.05. The van der Waals surface area contributed by atoms with E-state index in [0.717, 1.165) is 0 Å². The topological polar surface area (TPSA) is 75.0 Å². The van der Waals surface area contributed by atoms with Gasteiger partial charge in [-0.05, 0) is 29.6 Å². The molecule has 6 heteroatoms. The fraction of sp³-hybridized carbons (Fsp3) is 0.143. The van der Waals surface area contributed by atoms with Crippen LogP contribution in [0.15, 0.2) is 40.5 Å². The third kappa shape index (κ3) is 2.37. The van der Waals surface area contributed by atoms with E-state index in [1.807, 2.05) is 23.4 Å². The highest BCUT2D eigenvalue weighted by Crippen LogP contribution is 2.17. The van der Waals surface area contributed by atoms with Gasteiger partial charge in [-0.1, -0.05) is 6.07 Å². The van der Waals surface area contributed by atoms with Crippen molar-refractivity contribution in [1.29, 1.82) is 0 Å². The summed E-state index contributed by atoms with van der Waals surface area (Å²) in [6.07, 6.45) is 0. The number of aromatic nitrogens is 2. The number of hydrogen-bond donors (Lipinski definition) is 2. The Balaban J connectivity index is 2.00. The van der Waals surface area contributed by atoms with E-state index in [4.69, 9.17) is 5.73 Å². The molecule has 0 fully saturated rings. The molecule has 2 aromatic heterocycles. The standard InChI is InChI=1S/C14H14N4OS/c1-18(8-10-3-2-6-20-10)14-16-12-5-4-9(15)7-11(12)13(19)17-14/h2-7H,8,15H2,1H3,(H,16,17,19). The van der Waals surface area contributed by atoms with E-state index in [-0.39, 0.29) is 5.56 Å². The van der Waals surface area contributed by atoms with Crippen LogP contribution in [0.4, 0.5) is 11.6 Å². The number of nitrogens with zero attached hydrogens (tertiary/aromatic N) is 2. The largest absolute Gasteiger partial charge is 0.399 e. The van der Waals surface area contributed by atoms with E-state index in [1.165, 1.54) is 4.88 Å². The summed E-state index contributed by atoms with van der Waals surface area (Å²) in [6, 6.07) is 9.22. The van der Waals surface area contributed by atoms with Gasteiger partial charge in [0, 0.05) is 17.6 Å². The average Bonchev–Trinajstić information content (AvgIpc) is 2.92.